The lowest BCUT2D eigenvalue weighted by Crippen LogP contribution is -2.58. The van der Waals surface area contributed by atoms with Crippen LogP contribution in [0, 0.1) is 12.3 Å². The predicted molar refractivity (Wildman–Crippen MR) is 159 cm³/mol. The fraction of sp³-hybridized carbons (Fsp3) is 0.353. The summed E-state index contributed by atoms with van der Waals surface area (Å²) in [6, 6.07) is 30.0. The van der Waals surface area contributed by atoms with Gasteiger partial charge in [-0.25, -0.2) is 4.79 Å². The molecule has 0 amide bonds. The van der Waals surface area contributed by atoms with E-state index in [9.17, 15) is 14.7 Å². The molecule has 3 atom stereocenters. The van der Waals surface area contributed by atoms with Gasteiger partial charge in [0.1, 0.15) is 16.8 Å². The zero-order valence-electron chi connectivity index (χ0n) is 24.5. The number of hydrogen-bond acceptors (Lipinski definition) is 5. The van der Waals surface area contributed by atoms with E-state index in [-0.39, 0.29) is 6.61 Å². The monoisotopic (exact) mass is 554 g/mol. The molecule has 2 heterocycles. The number of benzene rings is 3. The Hall–Kier alpha value is -3.78. The van der Waals surface area contributed by atoms with Gasteiger partial charge in [-0.1, -0.05) is 105 Å². The van der Waals surface area contributed by atoms with Crippen LogP contribution in [0.2, 0.25) is 0 Å². The maximum atomic E-state index is 13.1. The Morgan fingerprint density at radius 1 is 0.805 bits per heavy atom. The first-order chi connectivity index (χ1) is 19.3. The highest BCUT2D eigenvalue weighted by atomic mass is 16.6. The minimum Gasteiger partial charge on any atom is -0.386 e. The number of rotatable bonds is 7. The molecule has 3 aromatic carbocycles. The molecule has 214 valence electrons. The summed E-state index contributed by atoms with van der Waals surface area (Å²) in [5.41, 5.74) is -4.03. The first-order valence-electron chi connectivity index (χ1n) is 13.9. The van der Waals surface area contributed by atoms with E-state index in [1.807, 2.05) is 112 Å². The van der Waals surface area contributed by atoms with Crippen molar-refractivity contribution in [3.05, 3.63) is 140 Å². The van der Waals surface area contributed by atoms with Gasteiger partial charge >= 0.3 is 5.69 Å². The van der Waals surface area contributed by atoms with Crippen molar-refractivity contribution >= 4 is 0 Å². The molecule has 0 radical (unpaired) electrons. The van der Waals surface area contributed by atoms with Crippen LogP contribution in [0.15, 0.2) is 107 Å². The molecule has 1 fully saturated rings. The number of hydrogen-bond donors (Lipinski definition) is 2. The van der Waals surface area contributed by atoms with Gasteiger partial charge in [-0.05, 0) is 44.4 Å². The zero-order chi connectivity index (χ0) is 29.7. The third kappa shape index (κ3) is 4.22. The molecule has 0 unspecified atom stereocenters. The third-order valence-corrected chi connectivity index (χ3v) is 9.52. The Morgan fingerprint density at radius 2 is 1.24 bits per heavy atom. The van der Waals surface area contributed by atoms with Gasteiger partial charge in [-0.3, -0.25) is 14.3 Å². The Labute approximate surface area is 240 Å². The zero-order valence-corrected chi connectivity index (χ0v) is 24.5. The summed E-state index contributed by atoms with van der Waals surface area (Å²) in [6.07, 6.45) is 1.49. The Kier molecular flexibility index (Phi) is 6.97. The molecule has 1 aliphatic heterocycles. The minimum atomic E-state index is -1.48. The van der Waals surface area contributed by atoms with Gasteiger partial charge in [-0.15, -0.1) is 0 Å². The molecule has 5 rings (SSSR count). The van der Waals surface area contributed by atoms with Crippen molar-refractivity contribution in [1.82, 2.24) is 9.55 Å². The highest BCUT2D eigenvalue weighted by Crippen LogP contribution is 2.60. The summed E-state index contributed by atoms with van der Waals surface area (Å²) in [4.78, 5) is 27.6. The first kappa shape index (κ1) is 28.7. The van der Waals surface area contributed by atoms with Crippen LogP contribution >= 0.6 is 0 Å². The topological polar surface area (TPSA) is 93.6 Å². The van der Waals surface area contributed by atoms with Crippen LogP contribution in [-0.4, -0.2) is 32.5 Å². The summed E-state index contributed by atoms with van der Waals surface area (Å²) in [5.74, 6) is 0. The van der Waals surface area contributed by atoms with E-state index in [0.717, 1.165) is 16.7 Å². The average molecular weight is 555 g/mol. The van der Waals surface area contributed by atoms with E-state index in [1.165, 1.54) is 10.8 Å². The molecule has 1 saturated heterocycles. The van der Waals surface area contributed by atoms with Crippen molar-refractivity contribution in [1.29, 1.82) is 0 Å². The maximum absolute atomic E-state index is 13.1. The lowest BCUT2D eigenvalue weighted by molar-refractivity contribution is -0.202. The van der Waals surface area contributed by atoms with Crippen molar-refractivity contribution in [3.8, 4) is 0 Å². The quantitative estimate of drug-likeness (QED) is 0.311. The van der Waals surface area contributed by atoms with Crippen LogP contribution in [0.25, 0.3) is 0 Å². The van der Waals surface area contributed by atoms with Gasteiger partial charge in [0.05, 0.1) is 6.61 Å². The molecule has 2 N–H and O–H groups in total. The Balaban J connectivity index is 1.66. The molecular formula is C34H38N2O5. The summed E-state index contributed by atoms with van der Waals surface area (Å²) >= 11 is 0. The summed E-state index contributed by atoms with van der Waals surface area (Å²) in [7, 11) is 0. The van der Waals surface area contributed by atoms with Crippen molar-refractivity contribution in [2.75, 3.05) is 6.61 Å². The Bertz CT molecular complexity index is 1550. The largest absolute Gasteiger partial charge is 0.386 e. The van der Waals surface area contributed by atoms with E-state index < -0.39 is 39.2 Å². The number of aromatic nitrogens is 2. The maximum Gasteiger partial charge on any atom is 0.330 e. The lowest BCUT2D eigenvalue weighted by atomic mass is 9.65. The summed E-state index contributed by atoms with van der Waals surface area (Å²) in [5, 5.41) is 12.3. The number of aliphatic hydroxyl groups is 1. The van der Waals surface area contributed by atoms with E-state index >= 15 is 0 Å². The molecule has 0 saturated carbocycles. The SMILES string of the molecule is Cc1cn([C@]2(C)O[C@](C)(COC(c3ccccc3)(c3ccccc3)c3ccccc3)[C@@](C)(O)C2(C)C)c(=O)[nH]c1=O. The highest BCUT2D eigenvalue weighted by Gasteiger charge is 2.71. The van der Waals surface area contributed by atoms with E-state index in [1.54, 1.807) is 20.8 Å². The van der Waals surface area contributed by atoms with Crippen LogP contribution < -0.4 is 11.2 Å². The van der Waals surface area contributed by atoms with Crippen LogP contribution in [-0.2, 0) is 20.8 Å². The van der Waals surface area contributed by atoms with Crippen LogP contribution in [0.1, 0.15) is 56.9 Å². The van der Waals surface area contributed by atoms with Crippen LogP contribution in [0.5, 0.6) is 0 Å². The molecule has 0 bridgehead atoms. The molecule has 41 heavy (non-hydrogen) atoms. The Morgan fingerprint density at radius 3 is 1.68 bits per heavy atom. The highest BCUT2D eigenvalue weighted by molar-refractivity contribution is 5.47. The van der Waals surface area contributed by atoms with Gasteiger partial charge in [0.15, 0.2) is 5.72 Å². The van der Waals surface area contributed by atoms with Crippen LogP contribution in [0.4, 0.5) is 0 Å². The van der Waals surface area contributed by atoms with E-state index in [0.29, 0.717) is 5.56 Å². The minimum absolute atomic E-state index is 0.0191. The van der Waals surface area contributed by atoms with Crippen LogP contribution in [0.3, 0.4) is 0 Å². The molecule has 1 aliphatic rings. The van der Waals surface area contributed by atoms with Gasteiger partial charge < -0.3 is 14.6 Å². The molecule has 7 nitrogen and oxygen atoms in total. The van der Waals surface area contributed by atoms with E-state index in [4.69, 9.17) is 9.47 Å². The molecule has 4 aromatic rings. The van der Waals surface area contributed by atoms with Gasteiger partial charge in [-0.2, -0.15) is 0 Å². The van der Waals surface area contributed by atoms with Crippen molar-refractivity contribution in [3.63, 3.8) is 0 Å². The average Bonchev–Trinajstić information content (AvgIpc) is 3.07. The van der Waals surface area contributed by atoms with Gasteiger partial charge in [0.25, 0.3) is 5.56 Å². The number of H-pyrrole nitrogens is 1. The summed E-state index contributed by atoms with van der Waals surface area (Å²) < 4.78 is 15.3. The second-order valence-corrected chi connectivity index (χ2v) is 12.0. The molecule has 0 spiro atoms. The van der Waals surface area contributed by atoms with Crippen molar-refractivity contribution < 1.29 is 14.6 Å². The smallest absolute Gasteiger partial charge is 0.330 e. The lowest BCUT2D eigenvalue weighted by Gasteiger charge is -2.45. The van der Waals surface area contributed by atoms with E-state index in [2.05, 4.69) is 4.98 Å². The standard InChI is InChI=1S/C34H38N2O5/c1-24-22-36(29(38)35-28(24)37)33(6)30(2,3)32(5,39)31(4,41-33)23-40-34(25-16-10-7-11-17-25,26-18-12-8-13-19-26)27-20-14-9-15-21-27/h7-22,39H,23H2,1-6H3,(H,35,37,38)/t31-,32+,33-/m1/s1. The molecule has 1 aromatic heterocycles. The molecular weight excluding hydrogens is 516 g/mol. The molecule has 0 aliphatic carbocycles. The molecule has 7 heteroatoms. The van der Waals surface area contributed by atoms with Crippen molar-refractivity contribution in [2.45, 2.75) is 64.1 Å². The second kappa shape index (κ2) is 9.94. The number of nitrogens with one attached hydrogen (secondary N) is 1. The van der Waals surface area contributed by atoms with Gasteiger partial charge in [0, 0.05) is 17.2 Å². The normalized spacial score (nSPS) is 25.7. The predicted octanol–water partition coefficient (Wildman–Crippen LogP) is 5.09. The number of aromatic amines is 1. The number of ether oxygens (including phenoxy) is 2. The fourth-order valence-electron chi connectivity index (χ4n) is 6.20. The number of aryl methyl sites for hydroxylation is 1. The fourth-order valence-corrected chi connectivity index (χ4v) is 6.20. The number of nitrogens with zero attached hydrogens (tertiary/aromatic N) is 1. The second-order valence-electron chi connectivity index (χ2n) is 12.0. The summed E-state index contributed by atoms with van der Waals surface area (Å²) in [6.45, 7) is 10.7. The third-order valence-electron chi connectivity index (χ3n) is 9.52. The van der Waals surface area contributed by atoms with Gasteiger partial charge in [0.2, 0.25) is 0 Å². The first-order valence-corrected chi connectivity index (χ1v) is 13.9. The van der Waals surface area contributed by atoms with Crippen molar-refractivity contribution in [2.24, 2.45) is 5.41 Å².